The highest BCUT2D eigenvalue weighted by Gasteiger charge is 2.55. The Bertz CT molecular complexity index is 332. The Labute approximate surface area is 80.0 Å². The zero-order valence-electron chi connectivity index (χ0n) is 8.22. The van der Waals surface area contributed by atoms with E-state index in [1.165, 1.54) is 25.7 Å². The first-order valence-corrected chi connectivity index (χ1v) is 5.36. The minimum absolute atomic E-state index is 0.435. The maximum Gasteiger partial charge on any atom is 0.0217 e. The highest BCUT2D eigenvalue weighted by molar-refractivity contribution is 5.47. The molecule has 3 rings (SSSR count). The van der Waals surface area contributed by atoms with Crippen LogP contribution in [0.5, 0.6) is 0 Å². The molecule has 1 saturated carbocycles. The Morgan fingerprint density at radius 2 is 1.92 bits per heavy atom. The lowest BCUT2D eigenvalue weighted by atomic mass is 9.46. The van der Waals surface area contributed by atoms with Crippen molar-refractivity contribution < 1.29 is 0 Å². The Balaban J connectivity index is 2.15. The molecular weight excluding hydrogens is 156 g/mol. The van der Waals surface area contributed by atoms with Crippen molar-refractivity contribution in [1.29, 1.82) is 0 Å². The average Bonchev–Trinajstić information content (AvgIpc) is 2.11. The van der Waals surface area contributed by atoms with E-state index in [4.69, 9.17) is 0 Å². The molecule has 0 aromatic heterocycles. The van der Waals surface area contributed by atoms with Crippen LogP contribution in [0.25, 0.3) is 0 Å². The summed E-state index contributed by atoms with van der Waals surface area (Å²) in [5.41, 5.74) is 2.46. The van der Waals surface area contributed by atoms with Crippen molar-refractivity contribution in [3.05, 3.63) is 36.0 Å². The van der Waals surface area contributed by atoms with Crippen LogP contribution in [-0.2, 0) is 0 Å². The van der Waals surface area contributed by atoms with Crippen LogP contribution in [0.15, 0.2) is 36.0 Å². The maximum absolute atomic E-state index is 2.45. The fraction of sp³-hybridized carbons (Fsp3) is 0.538. The van der Waals surface area contributed by atoms with Crippen molar-refractivity contribution >= 4 is 0 Å². The molecule has 2 atom stereocenters. The molecule has 0 radical (unpaired) electrons. The Hall–Kier alpha value is -0.780. The van der Waals surface area contributed by atoms with Gasteiger partial charge in [0.05, 0.1) is 0 Å². The van der Waals surface area contributed by atoms with Gasteiger partial charge in [0.1, 0.15) is 0 Å². The summed E-state index contributed by atoms with van der Waals surface area (Å²) >= 11 is 0. The van der Waals surface area contributed by atoms with Gasteiger partial charge in [-0.1, -0.05) is 48.8 Å². The largest absolute Gasteiger partial charge is 0.0764 e. The van der Waals surface area contributed by atoms with E-state index in [1.807, 2.05) is 0 Å². The zero-order valence-corrected chi connectivity index (χ0v) is 8.22. The van der Waals surface area contributed by atoms with Gasteiger partial charge in [0, 0.05) is 10.8 Å². The second-order valence-corrected chi connectivity index (χ2v) is 4.76. The van der Waals surface area contributed by atoms with Crippen LogP contribution in [0.4, 0.5) is 0 Å². The summed E-state index contributed by atoms with van der Waals surface area (Å²) in [5.74, 6) is 0. The molecule has 0 aromatic rings. The van der Waals surface area contributed by atoms with Crippen LogP contribution >= 0.6 is 0 Å². The number of hydrogen-bond acceptors (Lipinski definition) is 0. The molecule has 0 aromatic carbocycles. The molecule has 3 aliphatic carbocycles. The molecule has 0 aliphatic heterocycles. The molecule has 0 N–H and O–H groups in total. The Kier molecular flexibility index (Phi) is 1.27. The lowest BCUT2D eigenvalue weighted by molar-refractivity contribution is 0.122. The second kappa shape index (κ2) is 2.17. The lowest BCUT2D eigenvalue weighted by Gasteiger charge is -2.58. The molecule has 0 heteroatoms. The molecule has 1 fully saturated rings. The molecule has 0 bridgehead atoms. The second-order valence-electron chi connectivity index (χ2n) is 4.76. The van der Waals surface area contributed by atoms with E-state index in [0.717, 1.165) is 0 Å². The van der Waals surface area contributed by atoms with Crippen molar-refractivity contribution in [3.63, 3.8) is 0 Å². The monoisotopic (exact) mass is 172 g/mol. The Morgan fingerprint density at radius 1 is 1.08 bits per heavy atom. The van der Waals surface area contributed by atoms with Crippen molar-refractivity contribution in [2.45, 2.75) is 32.6 Å². The van der Waals surface area contributed by atoms with Gasteiger partial charge in [-0.15, -0.1) is 0 Å². The van der Waals surface area contributed by atoms with Crippen molar-refractivity contribution in [3.8, 4) is 0 Å². The minimum atomic E-state index is 0.435. The van der Waals surface area contributed by atoms with E-state index in [-0.39, 0.29) is 0 Å². The number of hydrogen-bond donors (Lipinski definition) is 0. The SMILES string of the molecule is CC1=CC=CC23C=CC12CCCC3. The van der Waals surface area contributed by atoms with Gasteiger partial charge >= 0.3 is 0 Å². The first-order chi connectivity index (χ1) is 6.29. The molecule has 0 saturated heterocycles. The normalized spacial score (nSPS) is 46.1. The summed E-state index contributed by atoms with van der Waals surface area (Å²) in [7, 11) is 0. The van der Waals surface area contributed by atoms with Gasteiger partial charge in [-0.2, -0.15) is 0 Å². The molecule has 0 spiro atoms. The quantitative estimate of drug-likeness (QED) is 0.489. The maximum atomic E-state index is 2.45. The lowest BCUT2D eigenvalue weighted by Crippen LogP contribution is -2.48. The third kappa shape index (κ3) is 0.688. The standard InChI is InChI=1S/C13H16/c1-11-5-4-7-12-6-2-3-8-13(11,12)10-9-12/h4-5,7,9-10H,2-3,6,8H2,1H3. The molecule has 13 heavy (non-hydrogen) atoms. The smallest absolute Gasteiger partial charge is 0.0217 e. The van der Waals surface area contributed by atoms with E-state index in [1.54, 1.807) is 5.57 Å². The fourth-order valence-corrected chi connectivity index (χ4v) is 3.44. The molecule has 2 unspecified atom stereocenters. The highest BCUT2D eigenvalue weighted by Crippen LogP contribution is 2.64. The molecule has 3 aliphatic rings. The summed E-state index contributed by atoms with van der Waals surface area (Å²) in [6.07, 6.45) is 17.4. The van der Waals surface area contributed by atoms with E-state index in [2.05, 4.69) is 37.3 Å². The van der Waals surface area contributed by atoms with Crippen molar-refractivity contribution in [1.82, 2.24) is 0 Å². The van der Waals surface area contributed by atoms with Gasteiger partial charge in [-0.05, 0) is 19.8 Å². The third-order valence-corrected chi connectivity index (χ3v) is 4.35. The van der Waals surface area contributed by atoms with E-state index >= 15 is 0 Å². The van der Waals surface area contributed by atoms with Gasteiger partial charge in [0.25, 0.3) is 0 Å². The van der Waals surface area contributed by atoms with E-state index < -0.39 is 0 Å². The van der Waals surface area contributed by atoms with Gasteiger partial charge in [0.15, 0.2) is 0 Å². The van der Waals surface area contributed by atoms with Crippen LogP contribution in [0.3, 0.4) is 0 Å². The van der Waals surface area contributed by atoms with Crippen LogP contribution < -0.4 is 0 Å². The van der Waals surface area contributed by atoms with E-state index in [9.17, 15) is 0 Å². The number of rotatable bonds is 0. The minimum Gasteiger partial charge on any atom is -0.0764 e. The zero-order chi connectivity index (χ0) is 8.94. The summed E-state index contributed by atoms with van der Waals surface area (Å²) in [6.45, 7) is 2.30. The fourth-order valence-electron chi connectivity index (χ4n) is 3.44. The molecule has 68 valence electrons. The third-order valence-electron chi connectivity index (χ3n) is 4.35. The number of allylic oxidation sites excluding steroid dienone is 6. The summed E-state index contributed by atoms with van der Waals surface area (Å²) < 4.78 is 0. The van der Waals surface area contributed by atoms with Crippen LogP contribution in [-0.4, -0.2) is 0 Å². The van der Waals surface area contributed by atoms with Crippen LogP contribution in [0, 0.1) is 10.8 Å². The molecule has 0 heterocycles. The van der Waals surface area contributed by atoms with E-state index in [0.29, 0.717) is 10.8 Å². The van der Waals surface area contributed by atoms with Crippen molar-refractivity contribution in [2.24, 2.45) is 10.8 Å². The molecular formula is C13H16. The predicted octanol–water partition coefficient (Wildman–Crippen LogP) is 3.62. The van der Waals surface area contributed by atoms with Gasteiger partial charge in [-0.3, -0.25) is 0 Å². The van der Waals surface area contributed by atoms with Crippen LogP contribution in [0.2, 0.25) is 0 Å². The predicted molar refractivity (Wildman–Crippen MR) is 55.4 cm³/mol. The summed E-state index contributed by atoms with van der Waals surface area (Å²) in [5, 5.41) is 0. The summed E-state index contributed by atoms with van der Waals surface area (Å²) in [4.78, 5) is 0. The van der Waals surface area contributed by atoms with Gasteiger partial charge < -0.3 is 0 Å². The topological polar surface area (TPSA) is 0 Å². The summed E-state index contributed by atoms with van der Waals surface area (Å²) in [6, 6.07) is 0. The van der Waals surface area contributed by atoms with Gasteiger partial charge in [0.2, 0.25) is 0 Å². The first kappa shape index (κ1) is 7.61. The average molecular weight is 172 g/mol. The first-order valence-electron chi connectivity index (χ1n) is 5.36. The van der Waals surface area contributed by atoms with Crippen LogP contribution in [0.1, 0.15) is 32.6 Å². The highest BCUT2D eigenvalue weighted by atomic mass is 14.6. The van der Waals surface area contributed by atoms with Gasteiger partial charge in [-0.25, -0.2) is 0 Å². The molecule has 0 amide bonds. The Morgan fingerprint density at radius 3 is 2.62 bits per heavy atom. The molecule has 0 nitrogen and oxygen atoms in total. The van der Waals surface area contributed by atoms with Crippen molar-refractivity contribution in [2.75, 3.05) is 0 Å².